The summed E-state index contributed by atoms with van der Waals surface area (Å²) in [5.41, 5.74) is -0.268. The van der Waals surface area contributed by atoms with Crippen LogP contribution in [0.2, 0.25) is 0 Å². The van der Waals surface area contributed by atoms with E-state index in [9.17, 15) is 0 Å². The van der Waals surface area contributed by atoms with Gasteiger partial charge >= 0.3 is 8.60 Å². The number of rotatable bonds is 2. The van der Waals surface area contributed by atoms with Crippen molar-refractivity contribution >= 4 is 8.60 Å². The zero-order valence-electron chi connectivity index (χ0n) is 8.57. The lowest BCUT2D eigenvalue weighted by Crippen LogP contribution is -2.40. The SMILES string of the molecule is COP1OCC(C)C(C)(OC)CO1. The van der Waals surface area contributed by atoms with Gasteiger partial charge in [0.25, 0.3) is 0 Å². The predicted octanol–water partition coefficient (Wildman–Crippen LogP) is 1.95. The van der Waals surface area contributed by atoms with E-state index in [4.69, 9.17) is 18.3 Å². The second kappa shape index (κ2) is 4.67. The Hall–Kier alpha value is 0.270. The maximum Gasteiger partial charge on any atom is 0.332 e. The van der Waals surface area contributed by atoms with Crippen molar-refractivity contribution in [1.29, 1.82) is 0 Å². The van der Waals surface area contributed by atoms with E-state index in [0.717, 1.165) is 0 Å². The number of methoxy groups -OCH3 is 1. The van der Waals surface area contributed by atoms with E-state index in [2.05, 4.69) is 6.92 Å². The molecule has 0 aliphatic carbocycles. The van der Waals surface area contributed by atoms with E-state index >= 15 is 0 Å². The van der Waals surface area contributed by atoms with Gasteiger partial charge in [-0.2, -0.15) is 0 Å². The highest BCUT2D eigenvalue weighted by molar-refractivity contribution is 7.41. The normalized spacial score (nSPS) is 41.5. The summed E-state index contributed by atoms with van der Waals surface area (Å²) in [7, 11) is 2.12. The molecule has 0 aromatic heterocycles. The second-order valence-corrected chi connectivity index (χ2v) is 4.72. The molecular weight excluding hydrogens is 191 g/mol. The molecule has 0 saturated carbocycles. The molecule has 0 N–H and O–H groups in total. The summed E-state index contributed by atoms with van der Waals surface area (Å²) in [4.78, 5) is 0. The molecule has 0 radical (unpaired) electrons. The van der Waals surface area contributed by atoms with Gasteiger partial charge in [0.1, 0.15) is 0 Å². The first-order chi connectivity index (χ1) is 6.12. The standard InChI is InChI=1S/C8H17O4P/c1-7-5-11-13(10-4)12-6-8(7,2)9-3/h7H,5-6H2,1-4H3. The van der Waals surface area contributed by atoms with Crippen molar-refractivity contribution in [3.8, 4) is 0 Å². The van der Waals surface area contributed by atoms with Crippen LogP contribution >= 0.6 is 8.60 Å². The fraction of sp³-hybridized carbons (Fsp3) is 1.00. The lowest BCUT2D eigenvalue weighted by molar-refractivity contribution is -0.0640. The first-order valence-electron chi connectivity index (χ1n) is 4.27. The summed E-state index contributed by atoms with van der Waals surface area (Å²) in [6.07, 6.45) is 0. The van der Waals surface area contributed by atoms with Crippen LogP contribution in [0.1, 0.15) is 13.8 Å². The third kappa shape index (κ3) is 2.61. The summed E-state index contributed by atoms with van der Waals surface area (Å²) in [5, 5.41) is 0. The van der Waals surface area contributed by atoms with Crippen LogP contribution in [-0.4, -0.2) is 33.0 Å². The highest BCUT2D eigenvalue weighted by Gasteiger charge is 2.36. The Morgan fingerprint density at radius 1 is 1.38 bits per heavy atom. The van der Waals surface area contributed by atoms with Gasteiger partial charge in [0.05, 0.1) is 18.8 Å². The highest BCUT2D eigenvalue weighted by atomic mass is 31.2. The van der Waals surface area contributed by atoms with Gasteiger partial charge < -0.3 is 18.3 Å². The van der Waals surface area contributed by atoms with Gasteiger partial charge in [-0.1, -0.05) is 6.92 Å². The monoisotopic (exact) mass is 208 g/mol. The van der Waals surface area contributed by atoms with Crippen LogP contribution in [0.5, 0.6) is 0 Å². The average molecular weight is 208 g/mol. The zero-order valence-corrected chi connectivity index (χ0v) is 9.47. The molecule has 1 rings (SSSR count). The van der Waals surface area contributed by atoms with E-state index in [1.165, 1.54) is 0 Å². The largest absolute Gasteiger partial charge is 0.376 e. The van der Waals surface area contributed by atoms with Gasteiger partial charge in [0.2, 0.25) is 0 Å². The first-order valence-corrected chi connectivity index (χ1v) is 5.37. The Labute approximate surface area is 80.5 Å². The molecule has 4 nitrogen and oxygen atoms in total. The summed E-state index contributed by atoms with van der Waals surface area (Å²) >= 11 is 0. The van der Waals surface area contributed by atoms with Crippen LogP contribution in [0.4, 0.5) is 0 Å². The number of hydrogen-bond donors (Lipinski definition) is 0. The zero-order chi connectivity index (χ0) is 9.90. The summed E-state index contributed by atoms with van der Waals surface area (Å²) in [5.74, 6) is 0.306. The summed E-state index contributed by atoms with van der Waals surface area (Å²) in [6.45, 7) is 5.24. The third-order valence-corrected chi connectivity index (χ3v) is 3.54. The molecule has 0 bridgehead atoms. The van der Waals surface area contributed by atoms with Gasteiger partial charge in [-0.25, -0.2) is 0 Å². The second-order valence-electron chi connectivity index (χ2n) is 3.39. The van der Waals surface area contributed by atoms with Crippen LogP contribution in [0.15, 0.2) is 0 Å². The van der Waals surface area contributed by atoms with Crippen LogP contribution in [0.25, 0.3) is 0 Å². The minimum atomic E-state index is -1.17. The fourth-order valence-corrected chi connectivity index (χ4v) is 2.07. The van der Waals surface area contributed by atoms with E-state index < -0.39 is 8.60 Å². The maximum absolute atomic E-state index is 5.42. The molecular formula is C8H17O4P. The van der Waals surface area contributed by atoms with E-state index in [1.807, 2.05) is 6.92 Å². The fourth-order valence-electron chi connectivity index (χ4n) is 1.07. The van der Waals surface area contributed by atoms with Crippen molar-refractivity contribution in [1.82, 2.24) is 0 Å². The van der Waals surface area contributed by atoms with E-state index in [0.29, 0.717) is 19.1 Å². The number of ether oxygens (including phenoxy) is 1. The van der Waals surface area contributed by atoms with Gasteiger partial charge in [0, 0.05) is 20.1 Å². The van der Waals surface area contributed by atoms with E-state index in [1.54, 1.807) is 14.2 Å². The number of hydrogen-bond acceptors (Lipinski definition) is 4. The van der Waals surface area contributed by atoms with E-state index in [-0.39, 0.29) is 5.60 Å². The van der Waals surface area contributed by atoms with Gasteiger partial charge in [0.15, 0.2) is 0 Å². The topological polar surface area (TPSA) is 36.9 Å². The molecule has 3 unspecified atom stereocenters. The molecule has 1 aliphatic heterocycles. The lowest BCUT2D eigenvalue weighted by atomic mass is 9.92. The molecule has 1 heterocycles. The molecule has 5 heteroatoms. The first kappa shape index (κ1) is 11.3. The molecule has 0 aromatic carbocycles. The Morgan fingerprint density at radius 3 is 2.62 bits per heavy atom. The molecule has 0 aromatic rings. The van der Waals surface area contributed by atoms with Gasteiger partial charge in [-0.05, 0) is 6.92 Å². The van der Waals surface area contributed by atoms with Crippen molar-refractivity contribution < 1.29 is 18.3 Å². The molecule has 78 valence electrons. The van der Waals surface area contributed by atoms with Crippen LogP contribution < -0.4 is 0 Å². The lowest BCUT2D eigenvalue weighted by Gasteiger charge is -2.30. The van der Waals surface area contributed by atoms with Gasteiger partial charge in [-0.3, -0.25) is 0 Å². The minimum absolute atomic E-state index is 0.268. The maximum atomic E-state index is 5.42. The molecule has 1 aliphatic rings. The third-order valence-electron chi connectivity index (χ3n) is 2.54. The van der Waals surface area contributed by atoms with Crippen LogP contribution in [-0.2, 0) is 18.3 Å². The van der Waals surface area contributed by atoms with Crippen molar-refractivity contribution in [2.75, 3.05) is 27.4 Å². The summed E-state index contributed by atoms with van der Waals surface area (Å²) in [6, 6.07) is 0. The molecule has 1 saturated heterocycles. The Bertz CT molecular complexity index is 166. The Balaban J connectivity index is 2.59. The molecule has 0 amide bonds. The van der Waals surface area contributed by atoms with Crippen LogP contribution in [0.3, 0.4) is 0 Å². The average Bonchev–Trinajstić information content (AvgIpc) is 2.29. The summed E-state index contributed by atoms with van der Waals surface area (Å²) < 4.78 is 21.3. The molecule has 13 heavy (non-hydrogen) atoms. The van der Waals surface area contributed by atoms with Crippen molar-refractivity contribution in [2.24, 2.45) is 5.92 Å². The van der Waals surface area contributed by atoms with Crippen molar-refractivity contribution in [2.45, 2.75) is 19.4 Å². The molecule has 1 fully saturated rings. The predicted molar refractivity (Wildman–Crippen MR) is 50.4 cm³/mol. The quantitative estimate of drug-likeness (QED) is 0.650. The van der Waals surface area contributed by atoms with Crippen LogP contribution in [0, 0.1) is 5.92 Å². The highest BCUT2D eigenvalue weighted by Crippen LogP contribution is 2.44. The molecule has 0 spiro atoms. The molecule has 3 atom stereocenters. The Kier molecular flexibility index (Phi) is 4.07. The minimum Gasteiger partial charge on any atom is -0.376 e. The van der Waals surface area contributed by atoms with Crippen molar-refractivity contribution in [3.05, 3.63) is 0 Å². The van der Waals surface area contributed by atoms with Crippen molar-refractivity contribution in [3.63, 3.8) is 0 Å². The Morgan fingerprint density at radius 2 is 2.08 bits per heavy atom. The smallest absolute Gasteiger partial charge is 0.332 e. The van der Waals surface area contributed by atoms with Gasteiger partial charge in [-0.15, -0.1) is 0 Å².